The van der Waals surface area contributed by atoms with Gasteiger partial charge >= 0.3 is 0 Å². The van der Waals surface area contributed by atoms with E-state index in [-0.39, 0.29) is 0 Å². The average molecular weight is 99.2 g/mol. The quantitative estimate of drug-likeness (QED) is 0.490. The van der Waals surface area contributed by atoms with E-state index in [1.54, 1.807) is 0 Å². The topological polar surface area (TPSA) is 9.23 Å². The zero-order valence-electron chi connectivity index (χ0n) is 4.90. The second kappa shape index (κ2) is 5.54. The number of allylic oxidation sites excluding steroid dienone is 1. The predicted octanol–water partition coefficient (Wildman–Crippen LogP) is 1.75. The molecule has 0 amide bonds. The van der Waals surface area contributed by atoms with E-state index >= 15 is 0 Å². The fourth-order valence-corrected chi connectivity index (χ4v) is 0.226. The van der Waals surface area contributed by atoms with Gasteiger partial charge in [-0.25, -0.2) is 0 Å². The van der Waals surface area contributed by atoms with Gasteiger partial charge in [0.2, 0.25) is 0 Å². The summed E-state index contributed by atoms with van der Waals surface area (Å²) in [6.07, 6.45) is 5.52. The Morgan fingerprint density at radius 3 is 2.71 bits per heavy atom. The van der Waals surface area contributed by atoms with Gasteiger partial charge in [-0.1, -0.05) is 6.92 Å². The van der Waals surface area contributed by atoms with Gasteiger partial charge in [0, 0.05) is 0 Å². The highest BCUT2D eigenvalue weighted by Crippen LogP contribution is 1.78. The van der Waals surface area contributed by atoms with Crippen molar-refractivity contribution in [3.63, 3.8) is 0 Å². The summed E-state index contributed by atoms with van der Waals surface area (Å²) in [7, 11) is 0. The van der Waals surface area contributed by atoms with Crippen molar-refractivity contribution in [3.05, 3.63) is 12.3 Å². The van der Waals surface area contributed by atoms with E-state index < -0.39 is 0 Å². The Labute approximate surface area is 45.0 Å². The molecule has 0 aromatic rings. The van der Waals surface area contributed by atoms with Gasteiger partial charge in [-0.15, -0.1) is 0 Å². The van der Waals surface area contributed by atoms with E-state index in [0.717, 1.165) is 13.0 Å². The maximum Gasteiger partial charge on any atom is 0.156 e. The van der Waals surface area contributed by atoms with Crippen molar-refractivity contribution in [2.24, 2.45) is 0 Å². The molecule has 0 N–H and O–H groups in total. The van der Waals surface area contributed by atoms with Crippen LogP contribution in [-0.2, 0) is 4.74 Å². The second-order valence-corrected chi connectivity index (χ2v) is 1.16. The van der Waals surface area contributed by atoms with Crippen molar-refractivity contribution >= 4 is 0 Å². The van der Waals surface area contributed by atoms with Crippen molar-refractivity contribution in [1.29, 1.82) is 0 Å². The minimum atomic E-state index is 0.719. The van der Waals surface area contributed by atoms with Gasteiger partial charge in [0.1, 0.15) is 0 Å². The minimum Gasteiger partial charge on any atom is -0.490 e. The van der Waals surface area contributed by atoms with Crippen LogP contribution in [0.5, 0.6) is 0 Å². The first-order chi connectivity index (χ1) is 3.41. The molecule has 0 fully saturated rings. The van der Waals surface area contributed by atoms with E-state index in [4.69, 9.17) is 4.74 Å². The summed E-state index contributed by atoms with van der Waals surface area (Å²) in [6.45, 7) is 4.71. The van der Waals surface area contributed by atoms with Gasteiger partial charge in [-0.05, 0) is 19.4 Å². The lowest BCUT2D eigenvalue weighted by molar-refractivity contribution is 0.246. The minimum absolute atomic E-state index is 0.719. The van der Waals surface area contributed by atoms with E-state index in [9.17, 15) is 0 Å². The molecule has 0 heterocycles. The SMILES string of the molecule is CCC=[C]OCC. The summed E-state index contributed by atoms with van der Waals surface area (Å²) in [4.78, 5) is 0. The third-order valence-electron chi connectivity index (χ3n) is 0.515. The molecule has 7 heavy (non-hydrogen) atoms. The van der Waals surface area contributed by atoms with Gasteiger partial charge in [-0.3, -0.25) is 0 Å². The lowest BCUT2D eigenvalue weighted by atomic mass is 10.5. The van der Waals surface area contributed by atoms with Gasteiger partial charge < -0.3 is 4.74 Å². The first kappa shape index (κ1) is 6.54. The summed E-state index contributed by atoms with van der Waals surface area (Å²) in [6, 6.07) is 0. The van der Waals surface area contributed by atoms with Gasteiger partial charge in [0.05, 0.1) is 6.61 Å². The van der Waals surface area contributed by atoms with Gasteiger partial charge in [0.25, 0.3) is 0 Å². The molecule has 0 aromatic carbocycles. The van der Waals surface area contributed by atoms with Crippen LogP contribution in [0.4, 0.5) is 0 Å². The fraction of sp³-hybridized carbons (Fsp3) is 0.667. The molecule has 0 atom stereocenters. The molecule has 0 aliphatic heterocycles. The number of hydrogen-bond donors (Lipinski definition) is 0. The molecular formula is C6H11O. The Bertz CT molecular complexity index is 48.1. The van der Waals surface area contributed by atoms with Crippen LogP contribution in [-0.4, -0.2) is 6.61 Å². The Kier molecular flexibility index (Phi) is 5.18. The molecule has 1 radical (unpaired) electrons. The van der Waals surface area contributed by atoms with Crippen LogP contribution in [0.25, 0.3) is 0 Å². The zero-order valence-corrected chi connectivity index (χ0v) is 4.90. The molecule has 0 aliphatic carbocycles. The van der Waals surface area contributed by atoms with Crippen LogP contribution in [0, 0.1) is 6.26 Å². The van der Waals surface area contributed by atoms with E-state index in [1.165, 1.54) is 0 Å². The largest absolute Gasteiger partial charge is 0.490 e. The molecule has 0 aliphatic rings. The molecule has 0 saturated heterocycles. The van der Waals surface area contributed by atoms with Crippen molar-refractivity contribution in [2.75, 3.05) is 6.61 Å². The van der Waals surface area contributed by atoms with Crippen molar-refractivity contribution in [3.8, 4) is 0 Å². The summed E-state index contributed by atoms with van der Waals surface area (Å²) in [5.41, 5.74) is 0. The van der Waals surface area contributed by atoms with Crippen LogP contribution < -0.4 is 0 Å². The molecule has 0 bridgehead atoms. The van der Waals surface area contributed by atoms with Crippen LogP contribution in [0.3, 0.4) is 0 Å². The van der Waals surface area contributed by atoms with Crippen molar-refractivity contribution < 1.29 is 4.74 Å². The molecule has 0 unspecified atom stereocenters. The van der Waals surface area contributed by atoms with Crippen LogP contribution in [0.2, 0.25) is 0 Å². The van der Waals surface area contributed by atoms with Crippen LogP contribution >= 0.6 is 0 Å². The lowest BCUT2D eigenvalue weighted by Crippen LogP contribution is -1.75. The maximum absolute atomic E-state index is 4.77. The van der Waals surface area contributed by atoms with Crippen LogP contribution in [0.15, 0.2) is 6.08 Å². The third-order valence-corrected chi connectivity index (χ3v) is 0.515. The molecule has 0 rings (SSSR count). The Balaban J connectivity index is 2.78. The highest BCUT2D eigenvalue weighted by molar-refractivity contribution is 4.62. The Morgan fingerprint density at radius 2 is 2.29 bits per heavy atom. The second-order valence-electron chi connectivity index (χ2n) is 1.16. The molecule has 0 spiro atoms. The summed E-state index contributed by atoms with van der Waals surface area (Å²) in [5.74, 6) is 0. The normalized spacial score (nSPS) is 10.0. The molecule has 0 aromatic heterocycles. The lowest BCUT2D eigenvalue weighted by Gasteiger charge is -1.86. The first-order valence-corrected chi connectivity index (χ1v) is 2.60. The molecule has 1 nitrogen and oxygen atoms in total. The van der Waals surface area contributed by atoms with E-state index in [0.29, 0.717) is 0 Å². The molecule has 0 saturated carbocycles. The van der Waals surface area contributed by atoms with Crippen LogP contribution in [0.1, 0.15) is 20.3 Å². The third kappa shape index (κ3) is 5.54. The standard InChI is InChI=1S/C6H11O/c1-3-5-6-7-4-2/h5H,3-4H2,1-2H3. The monoisotopic (exact) mass is 99.1 g/mol. The smallest absolute Gasteiger partial charge is 0.156 e. The number of ether oxygens (including phenoxy) is 1. The van der Waals surface area contributed by atoms with E-state index in [1.807, 2.05) is 19.9 Å². The van der Waals surface area contributed by atoms with Gasteiger partial charge in [0.15, 0.2) is 6.26 Å². The summed E-state index contributed by atoms with van der Waals surface area (Å²) < 4.78 is 4.77. The molecule has 41 valence electrons. The Hall–Kier alpha value is -0.460. The van der Waals surface area contributed by atoms with Crippen molar-refractivity contribution in [2.45, 2.75) is 20.3 Å². The average Bonchev–Trinajstić information content (AvgIpc) is 1.69. The molecular weight excluding hydrogens is 88.1 g/mol. The predicted molar refractivity (Wildman–Crippen MR) is 29.7 cm³/mol. The van der Waals surface area contributed by atoms with Crippen molar-refractivity contribution in [1.82, 2.24) is 0 Å². The number of hydrogen-bond acceptors (Lipinski definition) is 1. The maximum atomic E-state index is 4.77. The zero-order chi connectivity index (χ0) is 5.54. The Morgan fingerprint density at radius 1 is 1.57 bits per heavy atom. The summed E-state index contributed by atoms with van der Waals surface area (Å²) in [5, 5.41) is 0. The highest BCUT2D eigenvalue weighted by atomic mass is 16.5. The molecule has 1 heteroatoms. The van der Waals surface area contributed by atoms with E-state index in [2.05, 4.69) is 6.26 Å². The number of rotatable bonds is 3. The summed E-state index contributed by atoms with van der Waals surface area (Å²) >= 11 is 0. The highest BCUT2D eigenvalue weighted by Gasteiger charge is 1.66. The first-order valence-electron chi connectivity index (χ1n) is 2.60. The fourth-order valence-electron chi connectivity index (χ4n) is 0.226. The van der Waals surface area contributed by atoms with Gasteiger partial charge in [-0.2, -0.15) is 0 Å².